The van der Waals surface area contributed by atoms with Crippen LogP contribution >= 0.6 is 24.0 Å². The maximum atomic E-state index is 11.7. The third-order valence-corrected chi connectivity index (χ3v) is 4.64. The second-order valence-electron chi connectivity index (χ2n) is 5.72. The molecule has 6 nitrogen and oxygen atoms in total. The SMILES string of the molecule is Cl.Cn1c(-c2c(Cl)c3ccccc3n2-c2ccc(CN)cc2)noc1=O. The van der Waals surface area contributed by atoms with E-state index in [9.17, 15) is 4.79 Å². The molecule has 2 N–H and O–H groups in total. The fourth-order valence-electron chi connectivity index (χ4n) is 2.94. The van der Waals surface area contributed by atoms with Crippen LogP contribution in [0.4, 0.5) is 0 Å². The zero-order valence-electron chi connectivity index (χ0n) is 13.8. The van der Waals surface area contributed by atoms with Gasteiger partial charge in [-0.1, -0.05) is 47.1 Å². The van der Waals surface area contributed by atoms with Crippen molar-refractivity contribution in [1.82, 2.24) is 14.3 Å². The summed E-state index contributed by atoms with van der Waals surface area (Å²) in [7, 11) is 1.60. The average Bonchev–Trinajstić information content (AvgIpc) is 3.13. The van der Waals surface area contributed by atoms with Crippen LogP contribution in [-0.2, 0) is 13.6 Å². The van der Waals surface area contributed by atoms with Gasteiger partial charge < -0.3 is 10.3 Å². The molecule has 4 aromatic rings. The highest BCUT2D eigenvalue weighted by molar-refractivity contribution is 6.38. The average molecular weight is 391 g/mol. The van der Waals surface area contributed by atoms with E-state index in [1.54, 1.807) is 7.05 Å². The number of nitrogens with zero attached hydrogens (tertiary/aromatic N) is 3. The molecule has 26 heavy (non-hydrogen) atoms. The van der Waals surface area contributed by atoms with Crippen LogP contribution in [0.2, 0.25) is 5.02 Å². The van der Waals surface area contributed by atoms with Crippen LogP contribution in [0.5, 0.6) is 0 Å². The van der Waals surface area contributed by atoms with Gasteiger partial charge >= 0.3 is 5.76 Å². The summed E-state index contributed by atoms with van der Waals surface area (Å²) >= 11 is 6.65. The predicted octanol–water partition coefficient (Wildman–Crippen LogP) is 3.52. The second-order valence-corrected chi connectivity index (χ2v) is 6.09. The molecular weight excluding hydrogens is 375 g/mol. The van der Waals surface area contributed by atoms with E-state index in [1.165, 1.54) is 4.57 Å². The van der Waals surface area contributed by atoms with E-state index in [0.29, 0.717) is 23.1 Å². The smallest absolute Gasteiger partial charge is 0.326 e. The van der Waals surface area contributed by atoms with Gasteiger partial charge in [0.1, 0.15) is 5.69 Å². The molecule has 0 fully saturated rings. The number of rotatable bonds is 3. The fourth-order valence-corrected chi connectivity index (χ4v) is 3.27. The van der Waals surface area contributed by atoms with Crippen molar-refractivity contribution in [3.63, 3.8) is 0 Å². The van der Waals surface area contributed by atoms with Gasteiger partial charge in [-0.25, -0.2) is 4.79 Å². The fraction of sp³-hybridized carbons (Fsp3) is 0.111. The molecule has 2 aromatic carbocycles. The van der Waals surface area contributed by atoms with E-state index < -0.39 is 5.76 Å². The summed E-state index contributed by atoms with van der Waals surface area (Å²) in [5.74, 6) is -0.171. The van der Waals surface area contributed by atoms with Crippen LogP contribution < -0.4 is 11.5 Å². The highest BCUT2D eigenvalue weighted by Crippen LogP contribution is 2.38. The second kappa shape index (κ2) is 6.99. The lowest BCUT2D eigenvalue weighted by molar-refractivity contribution is 0.380. The van der Waals surface area contributed by atoms with Crippen molar-refractivity contribution in [3.05, 3.63) is 69.7 Å². The number of aromatic nitrogens is 3. The zero-order chi connectivity index (χ0) is 17.6. The van der Waals surface area contributed by atoms with Crippen LogP contribution in [-0.4, -0.2) is 14.3 Å². The summed E-state index contributed by atoms with van der Waals surface area (Å²) in [5, 5.41) is 5.30. The molecule has 134 valence electrons. The maximum absolute atomic E-state index is 11.7. The van der Waals surface area contributed by atoms with Gasteiger partial charge in [0.15, 0.2) is 0 Å². The summed E-state index contributed by atoms with van der Waals surface area (Å²) in [4.78, 5) is 11.7. The van der Waals surface area contributed by atoms with Gasteiger partial charge in [-0.2, -0.15) is 0 Å². The van der Waals surface area contributed by atoms with Gasteiger partial charge in [0.05, 0.1) is 10.5 Å². The number of halogens is 2. The van der Waals surface area contributed by atoms with E-state index in [2.05, 4.69) is 5.16 Å². The summed E-state index contributed by atoms with van der Waals surface area (Å²) in [6, 6.07) is 15.6. The Morgan fingerprint density at radius 1 is 1.15 bits per heavy atom. The van der Waals surface area contributed by atoms with Crippen molar-refractivity contribution >= 4 is 34.9 Å². The number of benzene rings is 2. The summed E-state index contributed by atoms with van der Waals surface area (Å²) in [6.07, 6.45) is 0. The molecular formula is C18H16Cl2N4O2. The van der Waals surface area contributed by atoms with Gasteiger partial charge in [0, 0.05) is 24.7 Å². The molecule has 0 aliphatic rings. The normalized spacial score (nSPS) is 10.9. The Bertz CT molecular complexity index is 1130. The van der Waals surface area contributed by atoms with E-state index in [4.69, 9.17) is 21.9 Å². The Morgan fingerprint density at radius 3 is 2.46 bits per heavy atom. The van der Waals surface area contributed by atoms with E-state index in [-0.39, 0.29) is 12.4 Å². The third kappa shape index (κ3) is 2.72. The molecule has 0 spiro atoms. The lowest BCUT2D eigenvalue weighted by Gasteiger charge is -2.11. The van der Waals surface area contributed by atoms with Crippen LogP contribution in [0.1, 0.15) is 5.56 Å². The van der Waals surface area contributed by atoms with Crippen molar-refractivity contribution in [2.75, 3.05) is 0 Å². The molecule has 0 saturated heterocycles. The summed E-state index contributed by atoms with van der Waals surface area (Å²) < 4.78 is 8.10. The van der Waals surface area contributed by atoms with Gasteiger partial charge in [0.25, 0.3) is 0 Å². The van der Waals surface area contributed by atoms with Gasteiger partial charge in [-0.05, 0) is 23.8 Å². The largest absolute Gasteiger partial charge is 0.441 e. The van der Waals surface area contributed by atoms with Crippen LogP contribution in [0, 0.1) is 0 Å². The molecule has 2 heterocycles. The zero-order valence-corrected chi connectivity index (χ0v) is 15.4. The minimum Gasteiger partial charge on any atom is -0.326 e. The highest BCUT2D eigenvalue weighted by atomic mass is 35.5. The number of hydrogen-bond donors (Lipinski definition) is 1. The minimum absolute atomic E-state index is 0. The Kier molecular flexibility index (Phi) is 4.91. The van der Waals surface area contributed by atoms with Crippen molar-refractivity contribution in [3.8, 4) is 17.2 Å². The summed E-state index contributed by atoms with van der Waals surface area (Å²) in [5.41, 5.74) is 9.14. The number of fused-ring (bicyclic) bond motifs is 1. The Morgan fingerprint density at radius 2 is 1.85 bits per heavy atom. The topological polar surface area (TPSA) is 79.0 Å². The standard InChI is InChI=1S/C18H15ClN4O2.ClH/c1-22-17(21-25-18(22)24)16-15(19)13-4-2-3-5-14(13)23(16)12-8-6-11(10-20)7-9-12;/h2-9H,10,20H2,1H3;1H. The molecule has 0 aliphatic carbocycles. The molecule has 8 heteroatoms. The molecule has 0 radical (unpaired) electrons. The molecule has 0 atom stereocenters. The number of nitrogens with two attached hydrogens (primary N) is 1. The van der Waals surface area contributed by atoms with Crippen LogP contribution in [0.3, 0.4) is 0 Å². The van der Waals surface area contributed by atoms with E-state index >= 15 is 0 Å². The maximum Gasteiger partial charge on any atom is 0.441 e. The quantitative estimate of drug-likeness (QED) is 0.580. The van der Waals surface area contributed by atoms with Gasteiger partial charge in [0.2, 0.25) is 5.82 Å². The minimum atomic E-state index is -0.540. The number of hydrogen-bond acceptors (Lipinski definition) is 4. The van der Waals surface area contributed by atoms with Crippen molar-refractivity contribution in [2.24, 2.45) is 12.8 Å². The molecule has 0 aliphatic heterocycles. The molecule has 2 aromatic heterocycles. The van der Waals surface area contributed by atoms with Crippen LogP contribution in [0.15, 0.2) is 57.8 Å². The lowest BCUT2D eigenvalue weighted by atomic mass is 10.2. The first-order chi connectivity index (χ1) is 12.1. The molecule has 4 rings (SSSR count). The summed E-state index contributed by atoms with van der Waals surface area (Å²) in [6.45, 7) is 0.470. The molecule has 0 bridgehead atoms. The molecule has 0 amide bonds. The van der Waals surface area contributed by atoms with Crippen LogP contribution in [0.25, 0.3) is 28.1 Å². The van der Waals surface area contributed by atoms with E-state index in [0.717, 1.165) is 22.2 Å². The first-order valence-corrected chi connectivity index (χ1v) is 8.11. The Balaban J connectivity index is 0.00000196. The first kappa shape index (κ1) is 18.3. The van der Waals surface area contributed by atoms with E-state index in [1.807, 2.05) is 53.1 Å². The number of para-hydroxylation sites is 1. The Labute approximate surface area is 160 Å². The molecule has 0 unspecified atom stereocenters. The first-order valence-electron chi connectivity index (χ1n) is 7.73. The van der Waals surface area contributed by atoms with Gasteiger partial charge in [-0.15, -0.1) is 12.4 Å². The lowest BCUT2D eigenvalue weighted by Crippen LogP contribution is -2.11. The predicted molar refractivity (Wildman–Crippen MR) is 104 cm³/mol. The highest BCUT2D eigenvalue weighted by Gasteiger charge is 2.23. The Hall–Kier alpha value is -2.54. The van der Waals surface area contributed by atoms with Gasteiger partial charge in [-0.3, -0.25) is 9.09 Å². The van der Waals surface area contributed by atoms with Crippen molar-refractivity contribution in [2.45, 2.75) is 6.54 Å². The molecule has 0 saturated carbocycles. The third-order valence-electron chi connectivity index (χ3n) is 4.26. The monoisotopic (exact) mass is 390 g/mol. The van der Waals surface area contributed by atoms with Crippen molar-refractivity contribution < 1.29 is 4.52 Å². The van der Waals surface area contributed by atoms with Crippen molar-refractivity contribution in [1.29, 1.82) is 0 Å².